The fourth-order valence-corrected chi connectivity index (χ4v) is 3.68. The highest BCUT2D eigenvalue weighted by Gasteiger charge is 2.20. The van der Waals surface area contributed by atoms with Crippen molar-refractivity contribution in [1.82, 2.24) is 19.9 Å². The molecule has 3 heterocycles. The Bertz CT molecular complexity index is 1410. The third-order valence-electron chi connectivity index (χ3n) is 4.57. The Morgan fingerprint density at radius 1 is 1.00 bits per heavy atom. The van der Waals surface area contributed by atoms with Gasteiger partial charge in [-0.25, -0.2) is 23.4 Å². The lowest BCUT2D eigenvalue weighted by Crippen LogP contribution is -2.14. The van der Waals surface area contributed by atoms with Gasteiger partial charge in [0.1, 0.15) is 17.2 Å². The Kier molecular flexibility index (Phi) is 5.54. The zero-order valence-electron chi connectivity index (χ0n) is 17.5. The van der Waals surface area contributed by atoms with Crippen LogP contribution in [0.5, 0.6) is 0 Å². The van der Waals surface area contributed by atoms with Gasteiger partial charge in [0.15, 0.2) is 22.1 Å². The van der Waals surface area contributed by atoms with Crippen LogP contribution in [0.25, 0.3) is 22.8 Å². The van der Waals surface area contributed by atoms with Crippen LogP contribution in [0, 0.1) is 13.8 Å². The number of sulfone groups is 1. The topological polar surface area (TPSA) is 128 Å². The summed E-state index contributed by atoms with van der Waals surface area (Å²) < 4.78 is 28.7. The van der Waals surface area contributed by atoms with Crippen molar-refractivity contribution in [2.75, 3.05) is 11.6 Å². The summed E-state index contributed by atoms with van der Waals surface area (Å²) in [7, 11) is -3.33. The largest absolute Gasteiger partial charge is 0.438 e. The van der Waals surface area contributed by atoms with E-state index >= 15 is 0 Å². The second-order valence-corrected chi connectivity index (χ2v) is 9.23. The SMILES string of the molecule is Cc1ccnc(-c2nc(C)cc(NC(=O)c3ocnc3-c3ccc(S(C)(=O)=O)cc3)n2)c1. The van der Waals surface area contributed by atoms with E-state index in [1.54, 1.807) is 31.3 Å². The van der Waals surface area contributed by atoms with Crippen molar-refractivity contribution in [2.24, 2.45) is 0 Å². The molecule has 1 aromatic carbocycles. The maximum atomic E-state index is 12.9. The van der Waals surface area contributed by atoms with Crippen LogP contribution in [0.4, 0.5) is 5.82 Å². The van der Waals surface area contributed by atoms with Crippen LogP contribution in [0.1, 0.15) is 21.8 Å². The van der Waals surface area contributed by atoms with E-state index in [-0.39, 0.29) is 22.2 Å². The van der Waals surface area contributed by atoms with Gasteiger partial charge in [-0.15, -0.1) is 0 Å². The monoisotopic (exact) mass is 449 g/mol. The van der Waals surface area contributed by atoms with Crippen molar-refractivity contribution in [3.8, 4) is 22.8 Å². The van der Waals surface area contributed by atoms with Crippen molar-refractivity contribution in [1.29, 1.82) is 0 Å². The van der Waals surface area contributed by atoms with Crippen LogP contribution < -0.4 is 5.32 Å². The molecule has 9 nitrogen and oxygen atoms in total. The normalized spacial score (nSPS) is 11.3. The molecule has 0 aliphatic heterocycles. The summed E-state index contributed by atoms with van der Waals surface area (Å²) >= 11 is 0. The van der Waals surface area contributed by atoms with E-state index in [9.17, 15) is 13.2 Å². The molecule has 162 valence electrons. The molecular formula is C22H19N5O4S. The van der Waals surface area contributed by atoms with E-state index in [1.165, 1.54) is 12.1 Å². The van der Waals surface area contributed by atoms with E-state index in [1.807, 2.05) is 19.1 Å². The van der Waals surface area contributed by atoms with Crippen LogP contribution in [0.15, 0.2) is 64.4 Å². The predicted molar refractivity (Wildman–Crippen MR) is 118 cm³/mol. The average molecular weight is 449 g/mol. The molecule has 0 saturated heterocycles. The van der Waals surface area contributed by atoms with Crippen LogP contribution in [0.3, 0.4) is 0 Å². The van der Waals surface area contributed by atoms with Crippen LogP contribution in [0.2, 0.25) is 0 Å². The van der Waals surface area contributed by atoms with Crippen LogP contribution >= 0.6 is 0 Å². The van der Waals surface area contributed by atoms with E-state index in [0.717, 1.165) is 18.2 Å². The zero-order chi connectivity index (χ0) is 22.9. The molecule has 0 fully saturated rings. The number of carbonyl (C=O) groups is 1. The lowest BCUT2D eigenvalue weighted by Gasteiger charge is -2.08. The summed E-state index contributed by atoms with van der Waals surface area (Å²) in [6, 6.07) is 11.4. The van der Waals surface area contributed by atoms with Gasteiger partial charge in [-0.05, 0) is 43.7 Å². The summed E-state index contributed by atoms with van der Waals surface area (Å²) in [6.07, 6.45) is 3.95. The summed E-state index contributed by atoms with van der Waals surface area (Å²) in [4.78, 5) is 30.3. The number of aromatic nitrogens is 4. The van der Waals surface area contributed by atoms with Gasteiger partial charge in [-0.2, -0.15) is 0 Å². The van der Waals surface area contributed by atoms with Gasteiger partial charge in [-0.1, -0.05) is 12.1 Å². The zero-order valence-corrected chi connectivity index (χ0v) is 18.3. The number of anilines is 1. The van der Waals surface area contributed by atoms with Gasteiger partial charge in [-0.3, -0.25) is 9.78 Å². The molecule has 1 amide bonds. The molecule has 32 heavy (non-hydrogen) atoms. The van der Waals surface area contributed by atoms with E-state index in [2.05, 4.69) is 25.3 Å². The van der Waals surface area contributed by atoms with Gasteiger partial charge >= 0.3 is 0 Å². The highest BCUT2D eigenvalue weighted by Crippen LogP contribution is 2.25. The molecule has 10 heteroatoms. The minimum absolute atomic E-state index is 0.0244. The Morgan fingerprint density at radius 2 is 1.75 bits per heavy atom. The number of amides is 1. The van der Waals surface area contributed by atoms with Gasteiger partial charge in [0.25, 0.3) is 5.91 Å². The molecule has 0 aliphatic rings. The average Bonchev–Trinajstić information content (AvgIpc) is 3.23. The number of pyridine rings is 1. The molecule has 0 aliphatic carbocycles. The summed E-state index contributed by atoms with van der Waals surface area (Å²) in [5, 5.41) is 2.71. The van der Waals surface area contributed by atoms with Crippen molar-refractivity contribution in [2.45, 2.75) is 18.7 Å². The fraction of sp³-hybridized carbons (Fsp3) is 0.136. The lowest BCUT2D eigenvalue weighted by atomic mass is 10.1. The first-order chi connectivity index (χ1) is 15.2. The molecule has 0 radical (unpaired) electrons. The summed E-state index contributed by atoms with van der Waals surface area (Å²) in [5.41, 5.74) is 3.09. The number of nitrogens with zero attached hydrogens (tertiary/aromatic N) is 4. The summed E-state index contributed by atoms with van der Waals surface area (Å²) in [5.74, 6) is 0.100. The van der Waals surface area contributed by atoms with Gasteiger partial charge in [0, 0.05) is 29.8 Å². The first-order valence-corrected chi connectivity index (χ1v) is 11.4. The first-order valence-electron chi connectivity index (χ1n) is 9.55. The molecule has 4 rings (SSSR count). The van der Waals surface area contributed by atoms with Crippen molar-refractivity contribution in [3.63, 3.8) is 0 Å². The van der Waals surface area contributed by atoms with Crippen molar-refractivity contribution >= 4 is 21.6 Å². The Labute approximate surface area is 184 Å². The molecule has 0 atom stereocenters. The fourth-order valence-electron chi connectivity index (χ4n) is 3.05. The van der Waals surface area contributed by atoms with E-state index < -0.39 is 15.7 Å². The molecule has 0 saturated carbocycles. The molecule has 0 unspecified atom stereocenters. The summed E-state index contributed by atoms with van der Waals surface area (Å²) in [6.45, 7) is 3.73. The number of oxazole rings is 1. The maximum Gasteiger partial charge on any atom is 0.294 e. The minimum atomic E-state index is -3.33. The second-order valence-electron chi connectivity index (χ2n) is 7.22. The maximum absolute atomic E-state index is 12.9. The van der Waals surface area contributed by atoms with Gasteiger partial charge in [0.2, 0.25) is 5.76 Å². The molecule has 0 bridgehead atoms. The molecular weight excluding hydrogens is 430 g/mol. The van der Waals surface area contributed by atoms with Crippen LogP contribution in [-0.4, -0.2) is 40.5 Å². The standard InChI is InChI=1S/C22H19N5O4S/c1-13-8-9-23-17(10-13)21-25-14(2)11-18(26-21)27-22(28)20-19(24-12-31-20)15-4-6-16(7-5-15)32(3,29)30/h4-12H,1-3H3,(H,25,26,27,28). The van der Waals surface area contributed by atoms with Crippen molar-refractivity contribution in [3.05, 3.63) is 72.1 Å². The number of rotatable bonds is 5. The van der Waals surface area contributed by atoms with Gasteiger partial charge < -0.3 is 9.73 Å². The third kappa shape index (κ3) is 4.54. The molecule has 4 aromatic rings. The second kappa shape index (κ2) is 8.31. The number of nitrogens with one attached hydrogen (secondary N) is 1. The van der Waals surface area contributed by atoms with Gasteiger partial charge in [0.05, 0.1) is 4.90 Å². The predicted octanol–water partition coefficient (Wildman–Crippen LogP) is 3.47. The van der Waals surface area contributed by atoms with E-state index in [0.29, 0.717) is 22.8 Å². The van der Waals surface area contributed by atoms with Crippen LogP contribution in [-0.2, 0) is 9.84 Å². The molecule has 3 aromatic heterocycles. The number of benzene rings is 1. The number of hydrogen-bond donors (Lipinski definition) is 1. The quantitative estimate of drug-likeness (QED) is 0.490. The Morgan fingerprint density at radius 3 is 2.44 bits per heavy atom. The smallest absolute Gasteiger partial charge is 0.294 e. The minimum Gasteiger partial charge on any atom is -0.438 e. The van der Waals surface area contributed by atoms with E-state index in [4.69, 9.17) is 4.42 Å². The number of carbonyl (C=O) groups excluding carboxylic acids is 1. The third-order valence-corrected chi connectivity index (χ3v) is 5.70. The van der Waals surface area contributed by atoms with Crippen molar-refractivity contribution < 1.29 is 17.6 Å². The lowest BCUT2D eigenvalue weighted by molar-refractivity contribution is 0.0997. The Hall–Kier alpha value is -3.92. The number of hydrogen-bond acceptors (Lipinski definition) is 8. The first kappa shape index (κ1) is 21.3. The highest BCUT2D eigenvalue weighted by molar-refractivity contribution is 7.90. The number of aryl methyl sites for hydroxylation is 2. The molecule has 0 spiro atoms. The molecule has 1 N–H and O–H groups in total. The Balaban J connectivity index is 1.62. The highest BCUT2D eigenvalue weighted by atomic mass is 32.2.